The Morgan fingerprint density at radius 3 is 2.48 bits per heavy atom. The molecule has 2 aromatic rings. The first-order valence-electron chi connectivity index (χ1n) is 6.96. The van der Waals surface area contributed by atoms with Crippen molar-refractivity contribution in [3.8, 4) is 0 Å². The molecule has 0 aliphatic heterocycles. The number of alkyl halides is 3. The topological polar surface area (TPSA) is 95.2 Å². The van der Waals surface area contributed by atoms with Crippen LogP contribution in [0.5, 0.6) is 0 Å². The number of likely N-dealkylation sites (N-methyl/N-ethyl adjacent to an activating group) is 1. The third-order valence-corrected chi connectivity index (χ3v) is 3.13. The first kappa shape index (κ1) is 18.2. The number of nitrogens with zero attached hydrogens (tertiary/aromatic N) is 2. The monoisotopic (exact) mass is 354 g/mol. The van der Waals surface area contributed by atoms with Gasteiger partial charge in [0.1, 0.15) is 5.69 Å². The van der Waals surface area contributed by atoms with Crippen LogP contribution >= 0.6 is 0 Å². The summed E-state index contributed by atoms with van der Waals surface area (Å²) >= 11 is 0. The maximum Gasteiger partial charge on any atom is 0.418 e. The first-order chi connectivity index (χ1) is 11.7. The number of benzene rings is 1. The Hall–Kier alpha value is -3.17. The van der Waals surface area contributed by atoms with Crippen LogP contribution in [0.25, 0.3) is 0 Å². The highest BCUT2D eigenvalue weighted by Gasteiger charge is 2.33. The number of H-pyrrole nitrogens is 1. The van der Waals surface area contributed by atoms with Crippen LogP contribution < -0.4 is 10.9 Å². The third kappa shape index (κ3) is 4.66. The van der Waals surface area contributed by atoms with Crippen molar-refractivity contribution in [1.29, 1.82) is 0 Å². The van der Waals surface area contributed by atoms with Gasteiger partial charge < -0.3 is 10.2 Å². The highest BCUT2D eigenvalue weighted by atomic mass is 19.4. The molecule has 0 saturated carbocycles. The summed E-state index contributed by atoms with van der Waals surface area (Å²) in [4.78, 5) is 35.9. The van der Waals surface area contributed by atoms with Crippen molar-refractivity contribution >= 4 is 17.5 Å². The molecule has 0 bridgehead atoms. The number of hydrogen-bond donors (Lipinski definition) is 2. The minimum atomic E-state index is -4.62. The highest BCUT2D eigenvalue weighted by molar-refractivity contribution is 5.98. The second kappa shape index (κ2) is 7.16. The molecule has 0 fully saturated rings. The molecular weight excluding hydrogens is 341 g/mol. The number of amides is 2. The van der Waals surface area contributed by atoms with E-state index in [2.05, 4.69) is 15.5 Å². The van der Waals surface area contributed by atoms with Gasteiger partial charge in [0, 0.05) is 13.1 Å². The highest BCUT2D eigenvalue weighted by Crippen LogP contribution is 2.34. The zero-order valence-electron chi connectivity index (χ0n) is 12.9. The van der Waals surface area contributed by atoms with E-state index in [1.54, 1.807) is 0 Å². The average molecular weight is 354 g/mol. The molecule has 132 valence electrons. The second-order valence-electron chi connectivity index (χ2n) is 5.06. The van der Waals surface area contributed by atoms with Crippen LogP contribution in [0.15, 0.2) is 41.2 Å². The number of rotatable bonds is 4. The lowest BCUT2D eigenvalue weighted by molar-refractivity contribution is -0.137. The third-order valence-electron chi connectivity index (χ3n) is 3.13. The summed E-state index contributed by atoms with van der Waals surface area (Å²) < 4.78 is 38.7. The van der Waals surface area contributed by atoms with Crippen LogP contribution in [0.3, 0.4) is 0 Å². The first-order valence-corrected chi connectivity index (χ1v) is 6.96. The molecule has 0 aliphatic carbocycles. The number of hydrogen-bond acceptors (Lipinski definition) is 4. The molecule has 0 atom stereocenters. The lowest BCUT2D eigenvalue weighted by Gasteiger charge is -2.17. The Kier molecular flexibility index (Phi) is 5.20. The number of halogens is 3. The number of nitrogens with one attached hydrogen (secondary N) is 2. The van der Waals surface area contributed by atoms with Gasteiger partial charge in [-0.2, -0.15) is 18.3 Å². The molecule has 0 spiro atoms. The molecule has 1 aromatic carbocycles. The predicted octanol–water partition coefficient (Wildman–Crippen LogP) is 1.50. The van der Waals surface area contributed by atoms with Gasteiger partial charge >= 0.3 is 6.18 Å². The molecule has 2 rings (SSSR count). The minimum absolute atomic E-state index is 0.106. The Balaban J connectivity index is 2.06. The smallest absolute Gasteiger partial charge is 0.331 e. The summed E-state index contributed by atoms with van der Waals surface area (Å²) in [6.07, 6.45) is -4.62. The van der Waals surface area contributed by atoms with E-state index in [0.717, 1.165) is 23.1 Å². The van der Waals surface area contributed by atoms with Crippen molar-refractivity contribution in [3.05, 3.63) is 58.0 Å². The Morgan fingerprint density at radius 1 is 1.20 bits per heavy atom. The van der Waals surface area contributed by atoms with Gasteiger partial charge in [-0.1, -0.05) is 12.1 Å². The van der Waals surface area contributed by atoms with Gasteiger partial charge in [0.2, 0.25) is 5.91 Å². The standard InChI is InChI=1S/C15H13F3N4O3/c1-22(14(25)11-6-7-12(23)21-20-11)8-13(24)19-10-5-3-2-4-9(10)15(16,17)18/h2-7H,8H2,1H3,(H,19,24)(H,21,23). The van der Waals surface area contributed by atoms with Gasteiger partial charge in [0.15, 0.2) is 0 Å². The Labute approximate surface area is 139 Å². The minimum Gasteiger partial charge on any atom is -0.331 e. The van der Waals surface area contributed by atoms with E-state index >= 15 is 0 Å². The summed E-state index contributed by atoms with van der Waals surface area (Å²) in [6.45, 7) is -0.494. The van der Waals surface area contributed by atoms with E-state index in [4.69, 9.17) is 0 Å². The summed E-state index contributed by atoms with van der Waals surface area (Å²) in [7, 11) is 1.28. The molecule has 7 nitrogen and oxygen atoms in total. The predicted molar refractivity (Wildman–Crippen MR) is 81.9 cm³/mol. The number of carbonyl (C=O) groups excluding carboxylic acids is 2. The van der Waals surface area contributed by atoms with E-state index in [0.29, 0.717) is 0 Å². The Morgan fingerprint density at radius 2 is 1.88 bits per heavy atom. The van der Waals surface area contributed by atoms with E-state index < -0.39 is 41.3 Å². The largest absolute Gasteiger partial charge is 0.418 e. The molecule has 1 heterocycles. The number of carbonyl (C=O) groups is 2. The van der Waals surface area contributed by atoms with E-state index in [9.17, 15) is 27.6 Å². The van der Waals surface area contributed by atoms with E-state index in [1.807, 2.05) is 0 Å². The molecule has 0 radical (unpaired) electrons. The molecule has 2 N–H and O–H groups in total. The molecule has 0 unspecified atom stereocenters. The molecule has 25 heavy (non-hydrogen) atoms. The van der Waals surface area contributed by atoms with Crippen molar-refractivity contribution in [2.75, 3.05) is 18.9 Å². The Bertz CT molecular complexity index is 828. The van der Waals surface area contributed by atoms with Crippen LogP contribution in [-0.2, 0) is 11.0 Å². The molecular formula is C15H13F3N4O3. The number of anilines is 1. The lowest BCUT2D eigenvalue weighted by atomic mass is 10.1. The summed E-state index contributed by atoms with van der Waals surface area (Å²) in [5.41, 5.74) is -1.99. The summed E-state index contributed by atoms with van der Waals surface area (Å²) in [5, 5.41) is 7.73. The summed E-state index contributed by atoms with van der Waals surface area (Å²) in [6, 6.07) is 6.78. The fraction of sp³-hybridized carbons (Fsp3) is 0.200. The normalized spacial score (nSPS) is 11.0. The second-order valence-corrected chi connectivity index (χ2v) is 5.06. The van der Waals surface area contributed by atoms with Crippen LogP contribution in [0.1, 0.15) is 16.1 Å². The fourth-order valence-corrected chi connectivity index (χ4v) is 1.98. The quantitative estimate of drug-likeness (QED) is 0.870. The fourth-order valence-electron chi connectivity index (χ4n) is 1.98. The van der Waals surface area contributed by atoms with Gasteiger partial charge in [-0.3, -0.25) is 14.4 Å². The average Bonchev–Trinajstić information content (AvgIpc) is 2.54. The van der Waals surface area contributed by atoms with Gasteiger partial charge in [-0.05, 0) is 18.2 Å². The van der Waals surface area contributed by atoms with E-state index in [1.165, 1.54) is 25.2 Å². The maximum absolute atomic E-state index is 12.9. The van der Waals surface area contributed by atoms with Crippen molar-refractivity contribution in [2.24, 2.45) is 0 Å². The summed E-state index contributed by atoms with van der Waals surface area (Å²) in [5.74, 6) is -1.48. The van der Waals surface area contributed by atoms with Crippen LogP contribution in [-0.4, -0.2) is 40.5 Å². The molecule has 10 heteroatoms. The SMILES string of the molecule is CN(CC(=O)Nc1ccccc1C(F)(F)F)C(=O)c1ccc(=O)[nH]n1. The van der Waals surface area contributed by atoms with Gasteiger partial charge in [-0.15, -0.1) is 0 Å². The number of aromatic nitrogens is 2. The van der Waals surface area contributed by atoms with Crippen molar-refractivity contribution < 1.29 is 22.8 Å². The van der Waals surface area contributed by atoms with Crippen LogP contribution in [0.2, 0.25) is 0 Å². The maximum atomic E-state index is 12.9. The van der Waals surface area contributed by atoms with Crippen LogP contribution in [0.4, 0.5) is 18.9 Å². The molecule has 2 amide bonds. The van der Waals surface area contributed by atoms with Crippen molar-refractivity contribution in [1.82, 2.24) is 15.1 Å². The number of para-hydroxylation sites is 1. The van der Waals surface area contributed by atoms with Gasteiger partial charge in [-0.25, -0.2) is 5.10 Å². The zero-order chi connectivity index (χ0) is 18.6. The van der Waals surface area contributed by atoms with Crippen molar-refractivity contribution in [2.45, 2.75) is 6.18 Å². The van der Waals surface area contributed by atoms with Gasteiger partial charge in [0.25, 0.3) is 11.5 Å². The zero-order valence-corrected chi connectivity index (χ0v) is 12.9. The van der Waals surface area contributed by atoms with Crippen molar-refractivity contribution in [3.63, 3.8) is 0 Å². The lowest BCUT2D eigenvalue weighted by Crippen LogP contribution is -2.36. The number of aromatic amines is 1. The van der Waals surface area contributed by atoms with Gasteiger partial charge in [0.05, 0.1) is 17.8 Å². The molecule has 0 aliphatic rings. The van der Waals surface area contributed by atoms with Crippen LogP contribution in [0, 0.1) is 0 Å². The van der Waals surface area contributed by atoms with E-state index in [-0.39, 0.29) is 5.69 Å². The molecule has 1 aromatic heterocycles. The molecule has 0 saturated heterocycles.